The lowest BCUT2D eigenvalue weighted by Crippen LogP contribution is -3.00. The number of aliphatic hydroxyl groups is 1. The number of halogens is 1. The molecule has 0 aromatic carbocycles. The van der Waals surface area contributed by atoms with Gasteiger partial charge in [0.25, 0.3) is 0 Å². The van der Waals surface area contributed by atoms with Crippen LogP contribution in [0.5, 0.6) is 0 Å². The van der Waals surface area contributed by atoms with Crippen molar-refractivity contribution < 1.29 is 38.4 Å². The van der Waals surface area contributed by atoms with Gasteiger partial charge in [-0.1, -0.05) is 25.5 Å². The highest BCUT2D eigenvalue weighted by molar-refractivity contribution is 5.91. The van der Waals surface area contributed by atoms with Crippen LogP contribution in [0.2, 0.25) is 0 Å². The van der Waals surface area contributed by atoms with E-state index in [1.807, 2.05) is 0 Å². The maximum Gasteiger partial charge on any atom is 0.196 e. The van der Waals surface area contributed by atoms with Crippen LogP contribution in [0.15, 0.2) is 11.6 Å². The second-order valence-corrected chi connectivity index (χ2v) is 11.4. The van der Waals surface area contributed by atoms with Gasteiger partial charge < -0.3 is 33.6 Å². The molecule has 0 bridgehead atoms. The number of hydrogen-bond acceptors (Lipinski definition) is 2. The minimum absolute atomic E-state index is 0. The number of allylic oxidation sites excluding steroid dienone is 1. The van der Waals surface area contributed by atoms with Crippen LogP contribution < -0.4 is 24.0 Å². The number of ketones is 1. The molecule has 158 valence electrons. The molecule has 0 aromatic heterocycles. The van der Waals surface area contributed by atoms with Crippen LogP contribution in [0.1, 0.15) is 71.6 Å². The van der Waals surface area contributed by atoms with E-state index in [0.717, 1.165) is 48.9 Å². The number of likely N-dealkylation sites (N-methyl/N-ethyl adjacent to an activating group) is 1. The van der Waals surface area contributed by atoms with Crippen LogP contribution in [0.3, 0.4) is 0 Å². The van der Waals surface area contributed by atoms with Crippen LogP contribution >= 0.6 is 0 Å². The minimum atomic E-state index is -0.133. The van der Waals surface area contributed by atoms with Gasteiger partial charge in [0.1, 0.15) is 6.04 Å². The Kier molecular flexibility index (Phi) is 5.36. The highest BCUT2D eigenvalue weighted by Gasteiger charge is 2.64. The van der Waals surface area contributed by atoms with Crippen molar-refractivity contribution in [2.75, 3.05) is 20.1 Å². The maximum absolute atomic E-state index is 13.7. The van der Waals surface area contributed by atoms with Gasteiger partial charge in [0.05, 0.1) is 26.2 Å². The number of Topliss-reactive ketones (excluding diaryl/α,β-unsaturated/α-hetero) is 1. The quantitative estimate of drug-likeness (QED) is 0.334. The van der Waals surface area contributed by atoms with E-state index in [0.29, 0.717) is 17.6 Å². The minimum Gasteiger partial charge on any atom is -1.00 e. The van der Waals surface area contributed by atoms with E-state index in [9.17, 15) is 9.90 Å². The first-order chi connectivity index (χ1) is 12.8. The Morgan fingerprint density at radius 1 is 1.07 bits per heavy atom. The Morgan fingerprint density at radius 2 is 1.75 bits per heavy atom. The van der Waals surface area contributed by atoms with Gasteiger partial charge in [0.2, 0.25) is 0 Å². The van der Waals surface area contributed by atoms with E-state index < -0.39 is 0 Å². The van der Waals surface area contributed by atoms with E-state index in [-0.39, 0.29) is 47.0 Å². The third kappa shape index (κ3) is 2.83. The van der Waals surface area contributed by atoms with E-state index in [1.54, 1.807) is 0 Å². The highest BCUT2D eigenvalue weighted by atomic mass is 127. The molecule has 28 heavy (non-hydrogen) atoms. The summed E-state index contributed by atoms with van der Waals surface area (Å²) in [7, 11) is 2.36. The molecule has 7 atom stereocenters. The van der Waals surface area contributed by atoms with Crippen LogP contribution in [-0.2, 0) is 4.79 Å². The van der Waals surface area contributed by atoms with Crippen molar-refractivity contribution in [1.82, 2.24) is 0 Å². The molecular formula is C24H38INO2. The molecule has 3 saturated carbocycles. The molecule has 4 fully saturated rings. The van der Waals surface area contributed by atoms with Gasteiger partial charge in [-0.15, -0.1) is 0 Å². The van der Waals surface area contributed by atoms with Crippen LogP contribution in [0, 0.1) is 28.6 Å². The summed E-state index contributed by atoms with van der Waals surface area (Å²) in [6.45, 7) is 7.21. The Balaban J connectivity index is 0.00000192. The lowest BCUT2D eigenvalue weighted by atomic mass is 9.48. The van der Waals surface area contributed by atoms with Crippen molar-refractivity contribution in [2.24, 2.45) is 28.6 Å². The first kappa shape index (κ1) is 21.3. The van der Waals surface area contributed by atoms with E-state index >= 15 is 0 Å². The molecule has 4 aliphatic carbocycles. The molecule has 1 aliphatic heterocycles. The first-order valence-corrected chi connectivity index (χ1v) is 11.5. The number of quaternary nitrogens is 1. The average Bonchev–Trinajstić information content (AvgIpc) is 3.18. The number of rotatable bonds is 1. The van der Waals surface area contributed by atoms with Crippen molar-refractivity contribution in [3.8, 4) is 0 Å². The van der Waals surface area contributed by atoms with Gasteiger partial charge in [0.15, 0.2) is 5.78 Å². The third-order valence-electron chi connectivity index (χ3n) is 10.2. The Hall–Kier alpha value is 0.0600. The number of aliphatic hydroxyl groups excluding tert-OH is 1. The zero-order chi connectivity index (χ0) is 19.0. The van der Waals surface area contributed by atoms with E-state index in [1.165, 1.54) is 37.9 Å². The summed E-state index contributed by atoms with van der Waals surface area (Å²) >= 11 is 0. The molecule has 4 heteroatoms. The van der Waals surface area contributed by atoms with Gasteiger partial charge in [-0.25, -0.2) is 0 Å². The summed E-state index contributed by atoms with van der Waals surface area (Å²) in [6, 6.07) is 0.257. The van der Waals surface area contributed by atoms with Crippen molar-refractivity contribution in [1.29, 1.82) is 0 Å². The van der Waals surface area contributed by atoms with Crippen molar-refractivity contribution in [2.45, 2.75) is 83.8 Å². The van der Waals surface area contributed by atoms with Gasteiger partial charge in [-0.3, -0.25) is 4.79 Å². The molecule has 1 heterocycles. The average molecular weight is 499 g/mol. The number of likely N-dealkylation sites (tertiary alicyclic amines) is 1. The second kappa shape index (κ2) is 7.05. The Morgan fingerprint density at radius 3 is 2.46 bits per heavy atom. The third-order valence-corrected chi connectivity index (χ3v) is 10.2. The first-order valence-electron chi connectivity index (χ1n) is 11.5. The zero-order valence-corrected chi connectivity index (χ0v) is 20.1. The van der Waals surface area contributed by atoms with Crippen molar-refractivity contribution in [3.05, 3.63) is 11.6 Å². The smallest absolute Gasteiger partial charge is 0.196 e. The molecular weight excluding hydrogens is 461 g/mol. The fraction of sp³-hybridized carbons (Fsp3) is 0.875. The number of nitrogens with zero attached hydrogens (tertiary/aromatic N) is 1. The monoisotopic (exact) mass is 499 g/mol. The normalized spacial score (nSPS) is 49.5. The Bertz CT molecular complexity index is 684. The molecule has 0 spiro atoms. The van der Waals surface area contributed by atoms with Gasteiger partial charge in [-0.05, 0) is 61.7 Å². The summed E-state index contributed by atoms with van der Waals surface area (Å²) < 4.78 is 1.02. The fourth-order valence-corrected chi connectivity index (χ4v) is 8.34. The number of carbonyl (C=O) groups is 1. The number of carbonyl (C=O) groups excluding carboxylic acids is 1. The van der Waals surface area contributed by atoms with E-state index in [4.69, 9.17) is 0 Å². The SMILES string of the molecule is C[C@]12CC[C@H](O)CC1=CC[C@@H]1[C@@H]2CC[C@]2(C)C(=O)[C@@H]([N+]3(C)CCCC3)C[C@@H]12.[I-]. The Labute approximate surface area is 187 Å². The summed E-state index contributed by atoms with van der Waals surface area (Å²) in [4.78, 5) is 13.7. The van der Waals surface area contributed by atoms with Crippen molar-refractivity contribution in [3.63, 3.8) is 0 Å². The molecule has 3 nitrogen and oxygen atoms in total. The van der Waals surface area contributed by atoms with Crippen LogP contribution in [-0.4, -0.2) is 47.7 Å². The number of fused-ring (bicyclic) bond motifs is 5. The highest BCUT2D eigenvalue weighted by Crippen LogP contribution is 2.64. The second-order valence-electron chi connectivity index (χ2n) is 11.4. The summed E-state index contributed by atoms with van der Waals surface area (Å²) in [5.74, 6) is 2.58. The molecule has 0 unspecified atom stereocenters. The topological polar surface area (TPSA) is 37.3 Å². The molecule has 1 saturated heterocycles. The summed E-state index contributed by atoms with van der Waals surface area (Å²) in [5.41, 5.74) is 1.73. The lowest BCUT2D eigenvalue weighted by molar-refractivity contribution is -0.912. The summed E-state index contributed by atoms with van der Waals surface area (Å²) in [6.07, 6.45) is 12.5. The molecule has 5 aliphatic rings. The van der Waals surface area contributed by atoms with Gasteiger partial charge in [0, 0.05) is 24.7 Å². The molecule has 0 amide bonds. The van der Waals surface area contributed by atoms with Gasteiger partial charge >= 0.3 is 0 Å². The predicted molar refractivity (Wildman–Crippen MR) is 107 cm³/mol. The maximum atomic E-state index is 13.7. The van der Waals surface area contributed by atoms with E-state index in [2.05, 4.69) is 27.0 Å². The molecule has 5 rings (SSSR count). The number of hydrogen-bond donors (Lipinski definition) is 1. The molecule has 0 radical (unpaired) electrons. The molecule has 1 N–H and O–H groups in total. The summed E-state index contributed by atoms with van der Waals surface area (Å²) in [5, 5.41) is 10.2. The zero-order valence-electron chi connectivity index (χ0n) is 17.9. The lowest BCUT2D eigenvalue weighted by Gasteiger charge is -2.56. The van der Waals surface area contributed by atoms with Crippen molar-refractivity contribution >= 4 is 5.78 Å². The molecule has 0 aromatic rings. The fourth-order valence-electron chi connectivity index (χ4n) is 8.34. The standard InChI is InChI=1S/C24H38NO2.HI/c1-23-10-8-17(26)14-16(23)6-7-18-19(23)9-11-24(2)20(18)15-21(22(24)27)25(3)12-4-5-13-25;/h6,17-21,26H,4-5,7-15H2,1-3H3;1H/q+1;/p-1/t17-,18+,19-,20-,21-,23-,24-;/m0./s1. The van der Waals surface area contributed by atoms with Crippen LogP contribution in [0.4, 0.5) is 0 Å². The predicted octanol–water partition coefficient (Wildman–Crippen LogP) is 1.10. The van der Waals surface area contributed by atoms with Gasteiger partial charge in [-0.2, -0.15) is 0 Å². The van der Waals surface area contributed by atoms with Crippen LogP contribution in [0.25, 0.3) is 0 Å². The largest absolute Gasteiger partial charge is 1.00 e.